The predicted octanol–water partition coefficient (Wildman–Crippen LogP) is 3.57. The molecule has 4 aliphatic carbocycles. The average molecular weight is 276 g/mol. The summed E-state index contributed by atoms with van der Waals surface area (Å²) in [7, 11) is 0. The first-order valence-electron chi connectivity index (χ1n) is 8.79. The van der Waals surface area contributed by atoms with E-state index in [0.29, 0.717) is 23.7 Å². The van der Waals surface area contributed by atoms with Crippen molar-refractivity contribution in [1.29, 1.82) is 0 Å². The van der Waals surface area contributed by atoms with Crippen LogP contribution < -0.4 is 0 Å². The zero-order valence-electron chi connectivity index (χ0n) is 12.7. The van der Waals surface area contributed by atoms with Crippen molar-refractivity contribution in [3.8, 4) is 0 Å². The Balaban J connectivity index is 1.58. The van der Waals surface area contributed by atoms with Crippen LogP contribution in [-0.4, -0.2) is 17.0 Å². The van der Waals surface area contributed by atoms with E-state index in [1.807, 2.05) is 0 Å². The molecular formula is C18H28O2. The van der Waals surface area contributed by atoms with Crippen LogP contribution in [0.1, 0.15) is 64.7 Å². The van der Waals surface area contributed by atoms with Crippen LogP contribution in [0.3, 0.4) is 0 Å². The van der Waals surface area contributed by atoms with Crippen molar-refractivity contribution >= 4 is 5.78 Å². The lowest BCUT2D eigenvalue weighted by molar-refractivity contribution is -0.139. The zero-order valence-corrected chi connectivity index (χ0v) is 12.7. The zero-order chi connectivity index (χ0) is 13.9. The Hall–Kier alpha value is -0.370. The Kier molecular flexibility index (Phi) is 3.03. The van der Waals surface area contributed by atoms with Crippen LogP contribution in [0.4, 0.5) is 0 Å². The third-order valence-corrected chi connectivity index (χ3v) is 7.63. The van der Waals surface area contributed by atoms with Gasteiger partial charge in [0.2, 0.25) is 0 Å². The molecule has 1 N–H and O–H groups in total. The second-order valence-electron chi connectivity index (χ2n) is 8.44. The van der Waals surface area contributed by atoms with Crippen molar-refractivity contribution in [2.45, 2.75) is 70.8 Å². The van der Waals surface area contributed by atoms with E-state index >= 15 is 0 Å². The Morgan fingerprint density at radius 1 is 1.05 bits per heavy atom. The third-order valence-electron chi connectivity index (χ3n) is 7.63. The SMILES string of the molecule is C[C@@]12CCC[C@H]1[C@@H]1CCC3CC(=O)C(O)C[C@@H]3[C@H]1CC2. The van der Waals surface area contributed by atoms with Crippen molar-refractivity contribution in [1.82, 2.24) is 0 Å². The highest BCUT2D eigenvalue weighted by atomic mass is 16.3. The third kappa shape index (κ3) is 1.83. The van der Waals surface area contributed by atoms with E-state index in [2.05, 4.69) is 6.92 Å². The van der Waals surface area contributed by atoms with Crippen LogP contribution in [0.25, 0.3) is 0 Å². The molecule has 0 amide bonds. The molecule has 0 aromatic carbocycles. The lowest BCUT2D eigenvalue weighted by Gasteiger charge is -2.55. The molecule has 20 heavy (non-hydrogen) atoms. The van der Waals surface area contributed by atoms with E-state index in [-0.39, 0.29) is 5.78 Å². The molecule has 0 bridgehead atoms. The number of carbonyl (C=O) groups is 1. The molecule has 4 saturated carbocycles. The first-order valence-corrected chi connectivity index (χ1v) is 8.79. The number of fused-ring (bicyclic) bond motifs is 5. The second kappa shape index (κ2) is 4.56. The van der Waals surface area contributed by atoms with Gasteiger partial charge in [-0.1, -0.05) is 13.3 Å². The van der Waals surface area contributed by atoms with Crippen LogP contribution in [0.2, 0.25) is 0 Å². The van der Waals surface area contributed by atoms with E-state index in [1.165, 1.54) is 44.9 Å². The van der Waals surface area contributed by atoms with Gasteiger partial charge in [-0.2, -0.15) is 0 Å². The summed E-state index contributed by atoms with van der Waals surface area (Å²) >= 11 is 0. The van der Waals surface area contributed by atoms with E-state index in [1.54, 1.807) is 0 Å². The molecule has 112 valence electrons. The van der Waals surface area contributed by atoms with Crippen LogP contribution in [0.5, 0.6) is 0 Å². The molecule has 0 radical (unpaired) electrons. The quantitative estimate of drug-likeness (QED) is 0.734. The summed E-state index contributed by atoms with van der Waals surface area (Å²) in [5, 5.41) is 10.00. The number of rotatable bonds is 0. The minimum atomic E-state index is -0.646. The van der Waals surface area contributed by atoms with E-state index in [0.717, 1.165) is 24.2 Å². The van der Waals surface area contributed by atoms with Crippen molar-refractivity contribution in [2.24, 2.45) is 35.0 Å². The fourth-order valence-corrected chi connectivity index (χ4v) is 6.63. The number of aliphatic hydroxyl groups excluding tert-OH is 1. The number of ketones is 1. The molecule has 0 heterocycles. The highest BCUT2D eigenvalue weighted by molar-refractivity contribution is 5.83. The van der Waals surface area contributed by atoms with Gasteiger partial charge in [0.15, 0.2) is 5.78 Å². The number of Topliss-reactive ketones (excluding diaryl/α,β-unsaturated/α-hetero) is 1. The van der Waals surface area contributed by atoms with Gasteiger partial charge >= 0.3 is 0 Å². The Morgan fingerprint density at radius 3 is 2.75 bits per heavy atom. The highest BCUT2D eigenvalue weighted by Crippen LogP contribution is 2.62. The molecule has 7 atom stereocenters. The van der Waals surface area contributed by atoms with Crippen LogP contribution in [0.15, 0.2) is 0 Å². The van der Waals surface area contributed by atoms with Gasteiger partial charge in [0.05, 0.1) is 0 Å². The standard InChI is InChI=1S/C18H28O2/c1-18-7-2-3-15(18)13-5-4-11-9-16(19)17(20)10-14(11)12(13)6-8-18/h11-15,17,20H,2-10H2,1H3/t11?,12-,13+,14-,15-,17?,18-/m0/s1. The van der Waals surface area contributed by atoms with Gasteiger partial charge in [-0.3, -0.25) is 4.79 Å². The molecule has 2 unspecified atom stereocenters. The van der Waals surface area contributed by atoms with Gasteiger partial charge in [0.25, 0.3) is 0 Å². The largest absolute Gasteiger partial charge is 0.385 e. The maximum atomic E-state index is 11.8. The van der Waals surface area contributed by atoms with Crippen LogP contribution >= 0.6 is 0 Å². The molecule has 4 fully saturated rings. The van der Waals surface area contributed by atoms with E-state index in [9.17, 15) is 9.90 Å². The molecule has 0 aromatic rings. The molecule has 0 aliphatic heterocycles. The first kappa shape index (κ1) is 13.3. The van der Waals surface area contributed by atoms with Crippen molar-refractivity contribution < 1.29 is 9.90 Å². The molecule has 0 aromatic heterocycles. The minimum absolute atomic E-state index is 0.117. The molecule has 2 heteroatoms. The van der Waals surface area contributed by atoms with Crippen molar-refractivity contribution in [3.63, 3.8) is 0 Å². The molecule has 0 spiro atoms. The highest BCUT2D eigenvalue weighted by Gasteiger charge is 2.54. The minimum Gasteiger partial charge on any atom is -0.385 e. The van der Waals surface area contributed by atoms with Crippen LogP contribution in [-0.2, 0) is 4.79 Å². The molecule has 2 nitrogen and oxygen atoms in total. The summed E-state index contributed by atoms with van der Waals surface area (Å²) in [5.74, 6) is 4.01. The number of hydrogen-bond acceptors (Lipinski definition) is 2. The summed E-state index contributed by atoms with van der Waals surface area (Å²) in [6.07, 6.45) is 10.5. The number of hydrogen-bond donors (Lipinski definition) is 1. The van der Waals surface area contributed by atoms with Crippen LogP contribution in [0, 0.1) is 35.0 Å². The summed E-state index contributed by atoms with van der Waals surface area (Å²) in [6, 6.07) is 0. The Bertz CT molecular complexity index is 418. The van der Waals surface area contributed by atoms with Gasteiger partial charge in [-0.25, -0.2) is 0 Å². The fraction of sp³-hybridized carbons (Fsp3) is 0.944. The molecule has 0 saturated heterocycles. The lowest BCUT2D eigenvalue weighted by Crippen LogP contribution is -2.49. The van der Waals surface area contributed by atoms with Gasteiger partial charge < -0.3 is 5.11 Å². The smallest absolute Gasteiger partial charge is 0.161 e. The predicted molar refractivity (Wildman–Crippen MR) is 78.1 cm³/mol. The number of aliphatic hydroxyl groups is 1. The monoisotopic (exact) mass is 276 g/mol. The molecule has 4 aliphatic rings. The normalized spacial score (nSPS) is 55.0. The molecule has 4 rings (SSSR count). The van der Waals surface area contributed by atoms with Gasteiger partial charge in [0, 0.05) is 6.42 Å². The Labute approximate surface area is 122 Å². The topological polar surface area (TPSA) is 37.3 Å². The van der Waals surface area contributed by atoms with Gasteiger partial charge in [0.1, 0.15) is 6.10 Å². The second-order valence-corrected chi connectivity index (χ2v) is 8.44. The maximum absolute atomic E-state index is 11.8. The maximum Gasteiger partial charge on any atom is 0.161 e. The summed E-state index contributed by atoms with van der Waals surface area (Å²) < 4.78 is 0. The summed E-state index contributed by atoms with van der Waals surface area (Å²) in [4.78, 5) is 11.8. The average Bonchev–Trinajstić information content (AvgIpc) is 2.82. The summed E-state index contributed by atoms with van der Waals surface area (Å²) in [6.45, 7) is 2.53. The van der Waals surface area contributed by atoms with Crippen molar-refractivity contribution in [3.05, 3.63) is 0 Å². The lowest BCUT2D eigenvalue weighted by atomic mass is 9.50. The van der Waals surface area contributed by atoms with Gasteiger partial charge in [-0.15, -0.1) is 0 Å². The van der Waals surface area contributed by atoms with Crippen molar-refractivity contribution in [2.75, 3.05) is 0 Å². The number of carbonyl (C=O) groups excluding carboxylic acids is 1. The van der Waals surface area contributed by atoms with E-state index in [4.69, 9.17) is 0 Å². The summed E-state index contributed by atoms with van der Waals surface area (Å²) in [5.41, 5.74) is 0.622. The molecular weight excluding hydrogens is 248 g/mol. The Morgan fingerprint density at radius 2 is 1.90 bits per heavy atom. The van der Waals surface area contributed by atoms with Gasteiger partial charge in [-0.05, 0) is 80.0 Å². The van der Waals surface area contributed by atoms with E-state index < -0.39 is 6.10 Å². The first-order chi connectivity index (χ1) is 9.58. The fourth-order valence-electron chi connectivity index (χ4n) is 6.63.